The summed E-state index contributed by atoms with van der Waals surface area (Å²) in [5.41, 5.74) is 7.13. The van der Waals surface area contributed by atoms with Gasteiger partial charge in [-0.3, -0.25) is 14.6 Å². The number of likely N-dealkylation sites (tertiary alicyclic amines) is 1. The second-order valence-electron chi connectivity index (χ2n) is 10.4. The number of hydrogen-bond acceptors (Lipinski definition) is 7. The molecule has 4 rings (SSSR count). The van der Waals surface area contributed by atoms with Crippen LogP contribution in [0.3, 0.4) is 0 Å². The van der Waals surface area contributed by atoms with E-state index in [1.54, 1.807) is 30.5 Å². The predicted molar refractivity (Wildman–Crippen MR) is 156 cm³/mol. The number of hydrogen-bond donors (Lipinski definition) is 3. The molecule has 0 saturated carbocycles. The molecule has 0 aromatic heterocycles. The molecule has 39 heavy (non-hydrogen) atoms. The van der Waals surface area contributed by atoms with E-state index in [0.717, 1.165) is 29.0 Å². The highest BCUT2D eigenvalue weighted by Gasteiger charge is 2.43. The molecule has 5 atom stereocenters. The Morgan fingerprint density at radius 3 is 2.67 bits per heavy atom. The van der Waals surface area contributed by atoms with E-state index in [2.05, 4.69) is 5.32 Å². The molecule has 2 amide bonds. The number of ether oxygens (including phenoxy) is 1. The first kappa shape index (κ1) is 29.6. The van der Waals surface area contributed by atoms with Gasteiger partial charge in [-0.25, -0.2) is 0 Å². The normalized spacial score (nSPS) is 23.3. The summed E-state index contributed by atoms with van der Waals surface area (Å²) in [6.07, 6.45) is 1.56. The molecule has 1 saturated heterocycles. The largest absolute Gasteiger partial charge is 0.394 e. The van der Waals surface area contributed by atoms with E-state index in [0.29, 0.717) is 30.3 Å². The van der Waals surface area contributed by atoms with E-state index in [-0.39, 0.29) is 18.6 Å². The standard InChI is InChI=1S/C29H37ClN4O4S/c1-19(31)26(36)32-25(20(2)38-16-21-8-4-3-5-9-21)28(37)34-13-7-12-24(34)27-33-29(17-35,18-39-27)15-22-10-6-11-23(30)14-22/h3-6,8-11,14,19-20,24-25,35H,7,12-13,15-18,31H2,1-2H3,(H,32,36). The fourth-order valence-corrected chi connectivity index (χ4v) is 6.54. The fourth-order valence-electron chi connectivity index (χ4n) is 4.96. The number of aliphatic hydroxyl groups is 1. The number of aliphatic imine (C=N–C) groups is 1. The van der Waals surface area contributed by atoms with Gasteiger partial charge in [-0.1, -0.05) is 54.1 Å². The summed E-state index contributed by atoms with van der Waals surface area (Å²) in [5, 5.41) is 14.6. The zero-order valence-electron chi connectivity index (χ0n) is 22.4. The van der Waals surface area contributed by atoms with E-state index in [4.69, 9.17) is 27.1 Å². The number of nitrogens with one attached hydrogen (secondary N) is 1. The van der Waals surface area contributed by atoms with Gasteiger partial charge >= 0.3 is 0 Å². The van der Waals surface area contributed by atoms with Crippen LogP contribution in [0.4, 0.5) is 0 Å². The van der Waals surface area contributed by atoms with Crippen LogP contribution in [-0.2, 0) is 27.4 Å². The Bertz CT molecular complexity index is 1180. The summed E-state index contributed by atoms with van der Waals surface area (Å²) >= 11 is 7.76. The van der Waals surface area contributed by atoms with Gasteiger partial charge in [0.25, 0.3) is 0 Å². The van der Waals surface area contributed by atoms with Crippen LogP contribution in [0.25, 0.3) is 0 Å². The van der Waals surface area contributed by atoms with Crippen LogP contribution in [-0.4, -0.2) is 75.5 Å². The number of nitrogens with two attached hydrogens (primary N) is 1. The minimum absolute atomic E-state index is 0.103. The van der Waals surface area contributed by atoms with Crippen LogP contribution >= 0.6 is 23.4 Å². The Morgan fingerprint density at radius 2 is 1.97 bits per heavy atom. The van der Waals surface area contributed by atoms with E-state index in [1.807, 2.05) is 54.6 Å². The van der Waals surface area contributed by atoms with Crippen molar-refractivity contribution < 1.29 is 19.4 Å². The number of benzene rings is 2. The molecule has 5 unspecified atom stereocenters. The summed E-state index contributed by atoms with van der Waals surface area (Å²) in [6.45, 7) is 4.15. The summed E-state index contributed by atoms with van der Waals surface area (Å²) in [5.74, 6) is -0.00920. The van der Waals surface area contributed by atoms with Crippen LogP contribution in [0.5, 0.6) is 0 Å². The van der Waals surface area contributed by atoms with Gasteiger partial charge in [0.15, 0.2) is 0 Å². The number of halogens is 1. The maximum Gasteiger partial charge on any atom is 0.248 e. The number of amides is 2. The van der Waals surface area contributed by atoms with E-state index in [9.17, 15) is 14.7 Å². The molecule has 2 aliphatic heterocycles. The topological polar surface area (TPSA) is 117 Å². The molecule has 0 bridgehead atoms. The lowest BCUT2D eigenvalue weighted by Crippen LogP contribution is -2.58. The highest BCUT2D eigenvalue weighted by molar-refractivity contribution is 8.14. The fraction of sp³-hybridized carbons (Fsp3) is 0.483. The summed E-state index contributed by atoms with van der Waals surface area (Å²) in [6, 6.07) is 15.4. The van der Waals surface area contributed by atoms with Crippen molar-refractivity contribution in [3.8, 4) is 0 Å². The SMILES string of the molecule is CC(N)C(=O)NC(C(=O)N1CCCC1C1=NC(CO)(Cc2cccc(Cl)c2)CS1)C(C)OCc1ccccc1. The molecule has 10 heteroatoms. The van der Waals surface area contributed by atoms with Gasteiger partial charge in [0.05, 0.1) is 42.0 Å². The summed E-state index contributed by atoms with van der Waals surface area (Å²) < 4.78 is 6.06. The Balaban J connectivity index is 1.52. The van der Waals surface area contributed by atoms with Gasteiger partial charge in [0.1, 0.15) is 6.04 Å². The monoisotopic (exact) mass is 572 g/mol. The minimum Gasteiger partial charge on any atom is -0.394 e. The third-order valence-corrected chi connectivity index (χ3v) is 8.75. The number of aliphatic hydroxyl groups excluding tert-OH is 1. The van der Waals surface area contributed by atoms with E-state index in [1.165, 1.54) is 0 Å². The molecule has 0 spiro atoms. The summed E-state index contributed by atoms with van der Waals surface area (Å²) in [4.78, 5) is 33.3. The third kappa shape index (κ3) is 7.41. The van der Waals surface area contributed by atoms with Crippen LogP contribution in [0, 0.1) is 0 Å². The Morgan fingerprint density at radius 1 is 1.23 bits per heavy atom. The van der Waals surface area contributed by atoms with Crippen molar-refractivity contribution in [2.75, 3.05) is 18.9 Å². The molecular weight excluding hydrogens is 536 g/mol. The quantitative estimate of drug-likeness (QED) is 0.381. The first-order chi connectivity index (χ1) is 18.7. The van der Waals surface area contributed by atoms with Gasteiger partial charge < -0.3 is 25.8 Å². The van der Waals surface area contributed by atoms with Crippen molar-refractivity contribution in [2.24, 2.45) is 10.7 Å². The molecule has 0 aliphatic carbocycles. The van der Waals surface area contributed by atoms with E-state index < -0.39 is 29.6 Å². The van der Waals surface area contributed by atoms with Crippen molar-refractivity contribution in [1.82, 2.24) is 10.2 Å². The lowest BCUT2D eigenvalue weighted by Gasteiger charge is -2.32. The zero-order valence-corrected chi connectivity index (χ0v) is 24.0. The number of carbonyl (C=O) groups excluding carboxylic acids is 2. The highest BCUT2D eigenvalue weighted by atomic mass is 35.5. The first-order valence-electron chi connectivity index (χ1n) is 13.3. The highest BCUT2D eigenvalue weighted by Crippen LogP contribution is 2.36. The third-order valence-electron chi connectivity index (χ3n) is 7.18. The van der Waals surface area contributed by atoms with Crippen LogP contribution in [0.15, 0.2) is 59.6 Å². The molecule has 4 N–H and O–H groups in total. The maximum absolute atomic E-state index is 13.9. The average Bonchev–Trinajstić information content (AvgIpc) is 3.58. The van der Waals surface area contributed by atoms with Gasteiger partial charge in [-0.05, 0) is 49.9 Å². The Labute approximate surface area is 239 Å². The van der Waals surface area contributed by atoms with Crippen LogP contribution < -0.4 is 11.1 Å². The molecule has 2 aliphatic rings. The number of nitrogens with zero attached hydrogens (tertiary/aromatic N) is 2. The maximum atomic E-state index is 13.9. The molecule has 2 aromatic carbocycles. The lowest BCUT2D eigenvalue weighted by molar-refractivity contribution is -0.141. The molecule has 210 valence electrons. The van der Waals surface area contributed by atoms with Gasteiger partial charge in [-0.2, -0.15) is 0 Å². The molecule has 1 fully saturated rings. The first-order valence-corrected chi connectivity index (χ1v) is 14.7. The van der Waals surface area contributed by atoms with Crippen molar-refractivity contribution in [2.45, 2.75) is 69.5 Å². The second kappa shape index (κ2) is 13.3. The lowest BCUT2D eigenvalue weighted by atomic mass is 9.94. The van der Waals surface area contributed by atoms with Crippen molar-refractivity contribution in [3.63, 3.8) is 0 Å². The van der Waals surface area contributed by atoms with Gasteiger partial charge in [0.2, 0.25) is 11.8 Å². The molecular formula is C29H37ClN4O4S. The Hall–Kier alpha value is -2.43. The van der Waals surface area contributed by atoms with Gasteiger partial charge in [-0.15, -0.1) is 11.8 Å². The number of carbonyl (C=O) groups is 2. The molecule has 2 heterocycles. The van der Waals surface area contributed by atoms with Crippen LogP contribution in [0.1, 0.15) is 37.8 Å². The second-order valence-corrected chi connectivity index (χ2v) is 11.8. The van der Waals surface area contributed by atoms with E-state index >= 15 is 0 Å². The average molecular weight is 573 g/mol. The van der Waals surface area contributed by atoms with Crippen molar-refractivity contribution in [3.05, 3.63) is 70.7 Å². The zero-order chi connectivity index (χ0) is 28.0. The molecule has 2 aromatic rings. The summed E-state index contributed by atoms with van der Waals surface area (Å²) in [7, 11) is 0. The predicted octanol–water partition coefficient (Wildman–Crippen LogP) is 3.19. The van der Waals surface area contributed by atoms with Gasteiger partial charge in [0, 0.05) is 23.7 Å². The minimum atomic E-state index is -0.895. The smallest absolute Gasteiger partial charge is 0.248 e. The van der Waals surface area contributed by atoms with Crippen molar-refractivity contribution in [1.29, 1.82) is 0 Å². The number of thioether (sulfide) groups is 1. The van der Waals surface area contributed by atoms with Crippen molar-refractivity contribution >= 4 is 40.2 Å². The molecule has 0 radical (unpaired) electrons. The van der Waals surface area contributed by atoms with Crippen LogP contribution in [0.2, 0.25) is 5.02 Å². The Kier molecular flexibility index (Phi) is 10.1. The molecule has 8 nitrogen and oxygen atoms in total. The number of rotatable bonds is 11.